The molecule has 0 saturated heterocycles. The van der Waals surface area contributed by atoms with Crippen molar-refractivity contribution in [1.29, 1.82) is 0 Å². The van der Waals surface area contributed by atoms with Crippen molar-refractivity contribution in [2.24, 2.45) is 16.7 Å². The summed E-state index contributed by atoms with van der Waals surface area (Å²) >= 11 is 0. The zero-order valence-electron chi connectivity index (χ0n) is 12.8. The average Bonchev–Trinajstić information content (AvgIpc) is 2.61. The van der Waals surface area contributed by atoms with Gasteiger partial charge in [-0.2, -0.15) is 0 Å². The second-order valence-electron chi connectivity index (χ2n) is 6.38. The van der Waals surface area contributed by atoms with Crippen LogP contribution >= 0.6 is 0 Å². The molecule has 0 N–H and O–H groups in total. The fourth-order valence-electron chi connectivity index (χ4n) is 2.50. The molecule has 0 unspecified atom stereocenters. The summed E-state index contributed by atoms with van der Waals surface area (Å²) in [6, 6.07) is 0. The Morgan fingerprint density at radius 1 is 1.32 bits per heavy atom. The number of ether oxygens (including phenoxy) is 1. The Balaban J connectivity index is 2.55. The molecule has 0 aliphatic heterocycles. The van der Waals surface area contributed by atoms with E-state index in [-0.39, 0.29) is 29.7 Å². The number of hydrogen-bond acceptors (Lipinski definition) is 3. The highest BCUT2D eigenvalue weighted by atomic mass is 16.5. The molecule has 1 aliphatic carbocycles. The smallest absolute Gasteiger partial charge is 0.309 e. The predicted molar refractivity (Wildman–Crippen MR) is 75.7 cm³/mol. The Morgan fingerprint density at radius 2 is 1.95 bits per heavy atom. The summed E-state index contributed by atoms with van der Waals surface area (Å²) in [5.41, 5.74) is -0.632. The standard InChI is InChI=1S/C16H26O3/c1-6-8-12(2)14(18)19-11-13(17)16(5)10-7-9-15(16,3)4/h7,9,12H,6,8,10-11H2,1-5H3/t12-,16+/m0/s1. The predicted octanol–water partition coefficient (Wildman–Crippen LogP) is 3.53. The van der Waals surface area contributed by atoms with E-state index in [4.69, 9.17) is 4.74 Å². The van der Waals surface area contributed by atoms with Crippen molar-refractivity contribution in [2.45, 2.75) is 53.9 Å². The Bertz CT molecular complexity index is 381. The van der Waals surface area contributed by atoms with E-state index >= 15 is 0 Å². The molecule has 0 amide bonds. The summed E-state index contributed by atoms with van der Waals surface area (Å²) in [7, 11) is 0. The van der Waals surface area contributed by atoms with Gasteiger partial charge in [0, 0.05) is 5.41 Å². The van der Waals surface area contributed by atoms with E-state index in [2.05, 4.69) is 19.9 Å². The Kier molecular flexibility index (Phi) is 4.94. The van der Waals surface area contributed by atoms with Gasteiger partial charge in [-0.1, -0.05) is 53.2 Å². The topological polar surface area (TPSA) is 43.4 Å². The summed E-state index contributed by atoms with van der Waals surface area (Å²) in [5.74, 6) is -0.373. The van der Waals surface area contributed by atoms with Crippen LogP contribution in [-0.2, 0) is 14.3 Å². The molecule has 19 heavy (non-hydrogen) atoms. The molecule has 0 radical (unpaired) electrons. The first-order chi connectivity index (χ1) is 8.74. The lowest BCUT2D eigenvalue weighted by molar-refractivity contribution is -0.155. The molecule has 3 heteroatoms. The van der Waals surface area contributed by atoms with Crippen molar-refractivity contribution in [1.82, 2.24) is 0 Å². The molecule has 108 valence electrons. The molecule has 3 nitrogen and oxygen atoms in total. The maximum Gasteiger partial charge on any atom is 0.309 e. The lowest BCUT2D eigenvalue weighted by Gasteiger charge is -2.36. The van der Waals surface area contributed by atoms with Gasteiger partial charge in [-0.15, -0.1) is 0 Å². The van der Waals surface area contributed by atoms with E-state index in [1.165, 1.54) is 0 Å². The molecule has 0 spiro atoms. The van der Waals surface area contributed by atoms with Crippen molar-refractivity contribution >= 4 is 11.8 Å². The van der Waals surface area contributed by atoms with Gasteiger partial charge in [-0.05, 0) is 18.3 Å². The number of carbonyl (C=O) groups is 2. The number of hydrogen-bond donors (Lipinski definition) is 0. The lowest BCUT2D eigenvalue weighted by atomic mass is 9.66. The molecule has 0 fully saturated rings. The molecule has 0 bridgehead atoms. The van der Waals surface area contributed by atoms with Gasteiger partial charge in [0.2, 0.25) is 0 Å². The summed E-state index contributed by atoms with van der Waals surface area (Å²) in [6.45, 7) is 9.83. The van der Waals surface area contributed by atoms with E-state index in [9.17, 15) is 9.59 Å². The zero-order valence-corrected chi connectivity index (χ0v) is 12.8. The van der Waals surface area contributed by atoms with Gasteiger partial charge >= 0.3 is 5.97 Å². The molecule has 0 aromatic carbocycles. The van der Waals surface area contributed by atoms with Gasteiger partial charge < -0.3 is 4.74 Å². The number of carbonyl (C=O) groups excluding carboxylic acids is 2. The van der Waals surface area contributed by atoms with Crippen LogP contribution in [0.3, 0.4) is 0 Å². The van der Waals surface area contributed by atoms with Crippen LogP contribution in [-0.4, -0.2) is 18.4 Å². The van der Waals surface area contributed by atoms with Crippen LogP contribution in [0.4, 0.5) is 0 Å². The van der Waals surface area contributed by atoms with Crippen molar-refractivity contribution in [3.05, 3.63) is 12.2 Å². The highest BCUT2D eigenvalue weighted by Crippen LogP contribution is 2.48. The first kappa shape index (κ1) is 15.9. The second kappa shape index (κ2) is 5.89. The van der Waals surface area contributed by atoms with Crippen LogP contribution in [0.5, 0.6) is 0 Å². The monoisotopic (exact) mass is 266 g/mol. The number of rotatable bonds is 6. The largest absolute Gasteiger partial charge is 0.457 e. The summed E-state index contributed by atoms with van der Waals surface area (Å²) in [6.07, 6.45) is 6.59. The third-order valence-electron chi connectivity index (χ3n) is 4.57. The van der Waals surface area contributed by atoms with E-state index in [1.807, 2.05) is 26.8 Å². The van der Waals surface area contributed by atoms with Gasteiger partial charge in [0.05, 0.1) is 5.92 Å². The SMILES string of the molecule is CCC[C@H](C)C(=O)OCC(=O)[C@@]1(C)CC=CC1(C)C. The van der Waals surface area contributed by atoms with E-state index in [1.54, 1.807) is 0 Å². The molecule has 1 rings (SSSR count). The van der Waals surface area contributed by atoms with Crippen LogP contribution in [0, 0.1) is 16.7 Å². The molecule has 0 saturated carbocycles. The first-order valence-corrected chi connectivity index (χ1v) is 7.12. The number of allylic oxidation sites excluding steroid dienone is 2. The van der Waals surface area contributed by atoms with Gasteiger partial charge in [0.1, 0.15) is 0 Å². The Hall–Kier alpha value is -1.12. The minimum absolute atomic E-state index is 0.0135. The maximum atomic E-state index is 12.4. The summed E-state index contributed by atoms with van der Waals surface area (Å²) in [5, 5.41) is 0. The minimum Gasteiger partial charge on any atom is -0.457 e. The normalized spacial score (nSPS) is 26.2. The molecule has 0 aromatic heterocycles. The number of Topliss-reactive ketones (excluding diaryl/α,β-unsaturated/α-hetero) is 1. The Labute approximate surface area is 116 Å². The maximum absolute atomic E-state index is 12.4. The number of esters is 1. The van der Waals surface area contributed by atoms with Gasteiger partial charge in [-0.3, -0.25) is 9.59 Å². The third-order valence-corrected chi connectivity index (χ3v) is 4.57. The van der Waals surface area contributed by atoms with E-state index < -0.39 is 5.41 Å². The quantitative estimate of drug-likeness (QED) is 0.545. The van der Waals surface area contributed by atoms with Crippen LogP contribution in [0.25, 0.3) is 0 Å². The fraction of sp³-hybridized carbons (Fsp3) is 0.750. The van der Waals surface area contributed by atoms with Gasteiger partial charge in [-0.25, -0.2) is 0 Å². The van der Waals surface area contributed by atoms with Crippen molar-refractivity contribution in [3.63, 3.8) is 0 Å². The molecule has 0 heterocycles. The van der Waals surface area contributed by atoms with E-state index in [0.717, 1.165) is 19.3 Å². The third kappa shape index (κ3) is 3.26. The number of ketones is 1. The minimum atomic E-state index is -0.457. The van der Waals surface area contributed by atoms with Crippen LogP contribution in [0.15, 0.2) is 12.2 Å². The molecular weight excluding hydrogens is 240 g/mol. The first-order valence-electron chi connectivity index (χ1n) is 7.12. The summed E-state index contributed by atoms with van der Waals surface area (Å²) < 4.78 is 5.17. The van der Waals surface area contributed by atoms with Crippen molar-refractivity contribution < 1.29 is 14.3 Å². The van der Waals surface area contributed by atoms with E-state index in [0.29, 0.717) is 0 Å². The van der Waals surface area contributed by atoms with Crippen LogP contribution in [0.1, 0.15) is 53.9 Å². The van der Waals surface area contributed by atoms with Gasteiger partial charge in [0.15, 0.2) is 12.4 Å². The molecule has 2 atom stereocenters. The van der Waals surface area contributed by atoms with Gasteiger partial charge in [0.25, 0.3) is 0 Å². The summed E-state index contributed by atoms with van der Waals surface area (Å²) in [4.78, 5) is 24.1. The highest BCUT2D eigenvalue weighted by molar-refractivity contribution is 5.89. The van der Waals surface area contributed by atoms with Crippen LogP contribution in [0.2, 0.25) is 0 Å². The average molecular weight is 266 g/mol. The Morgan fingerprint density at radius 3 is 2.42 bits per heavy atom. The highest BCUT2D eigenvalue weighted by Gasteiger charge is 2.47. The van der Waals surface area contributed by atoms with Crippen molar-refractivity contribution in [3.8, 4) is 0 Å². The van der Waals surface area contributed by atoms with Crippen molar-refractivity contribution in [2.75, 3.05) is 6.61 Å². The zero-order chi connectivity index (χ0) is 14.7. The molecule has 1 aliphatic rings. The lowest BCUT2D eigenvalue weighted by Crippen LogP contribution is -2.40. The second-order valence-corrected chi connectivity index (χ2v) is 6.38. The fourth-order valence-corrected chi connectivity index (χ4v) is 2.50. The molecular formula is C16H26O3. The molecule has 0 aromatic rings. The van der Waals surface area contributed by atoms with Crippen LogP contribution < -0.4 is 0 Å².